The van der Waals surface area contributed by atoms with E-state index in [0.717, 1.165) is 5.56 Å². The van der Waals surface area contributed by atoms with Crippen molar-refractivity contribution in [3.63, 3.8) is 0 Å². The normalized spacial score (nSPS) is 15.0. The molecule has 3 rings (SSSR count). The quantitative estimate of drug-likeness (QED) is 0.856. The standard InChI is InChI=1S/C20H22FNO4/c1-3-17(26-16-7-5-15(21)6-8-16)20(23)22-13(2)14-4-9-18-19(12-14)25-11-10-24-18/h4-9,12-13,17H,3,10-11H2,1-2H3,(H,22,23)/t13-,17+/m0/s1. The van der Waals surface area contributed by atoms with E-state index in [0.29, 0.717) is 36.9 Å². The van der Waals surface area contributed by atoms with Gasteiger partial charge in [-0.25, -0.2) is 4.39 Å². The van der Waals surface area contributed by atoms with Gasteiger partial charge in [0, 0.05) is 0 Å². The van der Waals surface area contributed by atoms with Gasteiger partial charge in [0.15, 0.2) is 17.6 Å². The van der Waals surface area contributed by atoms with Gasteiger partial charge in [0.05, 0.1) is 6.04 Å². The molecule has 0 fully saturated rings. The molecule has 0 radical (unpaired) electrons. The average Bonchev–Trinajstić information content (AvgIpc) is 2.67. The summed E-state index contributed by atoms with van der Waals surface area (Å²) in [5.74, 6) is 1.29. The number of nitrogens with one attached hydrogen (secondary N) is 1. The van der Waals surface area contributed by atoms with Crippen molar-refractivity contribution in [1.82, 2.24) is 5.32 Å². The fourth-order valence-corrected chi connectivity index (χ4v) is 2.72. The van der Waals surface area contributed by atoms with E-state index in [2.05, 4.69) is 5.32 Å². The lowest BCUT2D eigenvalue weighted by molar-refractivity contribution is -0.128. The predicted molar refractivity (Wildman–Crippen MR) is 95.1 cm³/mol. The largest absolute Gasteiger partial charge is 0.486 e. The summed E-state index contributed by atoms with van der Waals surface area (Å²) in [5, 5.41) is 2.95. The molecule has 0 saturated carbocycles. The Labute approximate surface area is 152 Å². The highest BCUT2D eigenvalue weighted by Crippen LogP contribution is 2.32. The van der Waals surface area contributed by atoms with Crippen molar-refractivity contribution in [1.29, 1.82) is 0 Å². The van der Waals surface area contributed by atoms with Gasteiger partial charge >= 0.3 is 0 Å². The van der Waals surface area contributed by atoms with Crippen LogP contribution in [0.5, 0.6) is 17.2 Å². The van der Waals surface area contributed by atoms with Crippen molar-refractivity contribution >= 4 is 5.91 Å². The molecule has 1 amide bonds. The number of ether oxygens (including phenoxy) is 3. The third kappa shape index (κ3) is 4.25. The van der Waals surface area contributed by atoms with Crippen LogP contribution in [-0.2, 0) is 4.79 Å². The second-order valence-corrected chi connectivity index (χ2v) is 6.10. The predicted octanol–water partition coefficient (Wildman–Crippen LogP) is 3.63. The molecule has 0 spiro atoms. The number of fused-ring (bicyclic) bond motifs is 1. The smallest absolute Gasteiger partial charge is 0.261 e. The fourth-order valence-electron chi connectivity index (χ4n) is 2.72. The van der Waals surface area contributed by atoms with Gasteiger partial charge in [-0.2, -0.15) is 0 Å². The van der Waals surface area contributed by atoms with Gasteiger partial charge in [0.2, 0.25) is 0 Å². The summed E-state index contributed by atoms with van der Waals surface area (Å²) in [5.41, 5.74) is 0.916. The lowest BCUT2D eigenvalue weighted by Gasteiger charge is -2.23. The van der Waals surface area contributed by atoms with Crippen molar-refractivity contribution in [2.45, 2.75) is 32.4 Å². The lowest BCUT2D eigenvalue weighted by atomic mass is 10.1. The first-order valence-electron chi connectivity index (χ1n) is 8.69. The molecular weight excluding hydrogens is 337 g/mol. The summed E-state index contributed by atoms with van der Waals surface area (Å²) in [4.78, 5) is 12.6. The van der Waals surface area contributed by atoms with Gasteiger partial charge in [0.1, 0.15) is 24.8 Å². The van der Waals surface area contributed by atoms with Gasteiger partial charge in [-0.1, -0.05) is 13.0 Å². The molecule has 0 unspecified atom stereocenters. The number of amides is 1. The molecule has 5 nitrogen and oxygen atoms in total. The van der Waals surface area contributed by atoms with Crippen LogP contribution in [0.3, 0.4) is 0 Å². The molecule has 1 N–H and O–H groups in total. The number of benzene rings is 2. The molecule has 2 aromatic rings. The molecule has 2 atom stereocenters. The zero-order valence-electron chi connectivity index (χ0n) is 14.8. The summed E-state index contributed by atoms with van der Waals surface area (Å²) in [6.07, 6.45) is -0.156. The third-order valence-corrected chi connectivity index (χ3v) is 4.18. The van der Waals surface area contributed by atoms with E-state index < -0.39 is 6.10 Å². The zero-order chi connectivity index (χ0) is 18.5. The highest BCUT2D eigenvalue weighted by atomic mass is 19.1. The number of halogens is 1. The first-order chi connectivity index (χ1) is 12.6. The number of rotatable bonds is 6. The van der Waals surface area contributed by atoms with Crippen LogP contribution < -0.4 is 19.5 Å². The highest BCUT2D eigenvalue weighted by molar-refractivity contribution is 5.81. The average molecular weight is 359 g/mol. The van der Waals surface area contributed by atoms with Crippen molar-refractivity contribution in [2.24, 2.45) is 0 Å². The van der Waals surface area contributed by atoms with Crippen molar-refractivity contribution in [3.8, 4) is 17.2 Å². The second-order valence-electron chi connectivity index (χ2n) is 6.10. The van der Waals surface area contributed by atoms with E-state index in [1.165, 1.54) is 24.3 Å². The summed E-state index contributed by atoms with van der Waals surface area (Å²) in [6.45, 7) is 4.81. The van der Waals surface area contributed by atoms with Crippen molar-refractivity contribution in [2.75, 3.05) is 13.2 Å². The second kappa shape index (κ2) is 8.08. The van der Waals surface area contributed by atoms with E-state index in [-0.39, 0.29) is 17.8 Å². The Bertz CT molecular complexity index is 763. The van der Waals surface area contributed by atoms with Crippen LogP contribution in [0.25, 0.3) is 0 Å². The molecule has 0 bridgehead atoms. The summed E-state index contributed by atoms with van der Waals surface area (Å²) >= 11 is 0. The zero-order valence-corrected chi connectivity index (χ0v) is 14.8. The van der Waals surface area contributed by atoms with E-state index >= 15 is 0 Å². The number of carbonyl (C=O) groups is 1. The van der Waals surface area contributed by atoms with Crippen LogP contribution in [0.15, 0.2) is 42.5 Å². The van der Waals surface area contributed by atoms with Crippen molar-refractivity contribution < 1.29 is 23.4 Å². The Hall–Kier alpha value is -2.76. The van der Waals surface area contributed by atoms with Crippen LogP contribution in [0.2, 0.25) is 0 Å². The van der Waals surface area contributed by atoms with Crippen LogP contribution in [0.4, 0.5) is 4.39 Å². The van der Waals surface area contributed by atoms with Gasteiger partial charge in [0.25, 0.3) is 5.91 Å². The summed E-state index contributed by atoms with van der Waals surface area (Å²) in [7, 11) is 0. The number of hydrogen-bond acceptors (Lipinski definition) is 4. The van der Waals surface area contributed by atoms with Crippen LogP contribution in [-0.4, -0.2) is 25.2 Å². The SMILES string of the molecule is CC[C@@H](Oc1ccc(F)cc1)C(=O)N[C@@H](C)c1ccc2c(c1)OCCO2. The summed E-state index contributed by atoms with van der Waals surface area (Å²) in [6, 6.07) is 11.0. The number of carbonyl (C=O) groups excluding carboxylic acids is 1. The minimum Gasteiger partial charge on any atom is -0.486 e. The first-order valence-corrected chi connectivity index (χ1v) is 8.69. The maximum Gasteiger partial charge on any atom is 0.261 e. The molecule has 6 heteroatoms. The monoisotopic (exact) mass is 359 g/mol. The van der Waals surface area contributed by atoms with Gasteiger partial charge in [-0.3, -0.25) is 4.79 Å². The molecular formula is C20H22FNO4. The molecule has 0 aliphatic carbocycles. The third-order valence-electron chi connectivity index (χ3n) is 4.18. The minimum absolute atomic E-state index is 0.218. The Morgan fingerprint density at radius 3 is 2.54 bits per heavy atom. The number of hydrogen-bond donors (Lipinski definition) is 1. The Morgan fingerprint density at radius 1 is 1.15 bits per heavy atom. The first kappa shape index (κ1) is 18.0. The Morgan fingerprint density at radius 2 is 1.85 bits per heavy atom. The summed E-state index contributed by atoms with van der Waals surface area (Å²) < 4.78 is 29.8. The minimum atomic E-state index is -0.653. The van der Waals surface area contributed by atoms with Crippen LogP contribution in [0.1, 0.15) is 31.9 Å². The molecule has 2 aromatic carbocycles. The maximum absolute atomic E-state index is 13.0. The molecule has 1 heterocycles. The molecule has 1 aliphatic rings. The van der Waals surface area contributed by atoms with E-state index in [4.69, 9.17) is 14.2 Å². The van der Waals surface area contributed by atoms with Crippen LogP contribution >= 0.6 is 0 Å². The molecule has 1 aliphatic heterocycles. The van der Waals surface area contributed by atoms with Crippen LogP contribution in [0, 0.1) is 5.82 Å². The fraction of sp³-hybridized carbons (Fsp3) is 0.350. The van der Waals surface area contributed by atoms with Crippen molar-refractivity contribution in [3.05, 3.63) is 53.8 Å². The van der Waals surface area contributed by atoms with E-state index in [1.54, 1.807) is 0 Å². The van der Waals surface area contributed by atoms with Gasteiger partial charge < -0.3 is 19.5 Å². The van der Waals surface area contributed by atoms with E-state index in [1.807, 2.05) is 32.0 Å². The lowest BCUT2D eigenvalue weighted by Crippen LogP contribution is -2.39. The topological polar surface area (TPSA) is 56.8 Å². The van der Waals surface area contributed by atoms with Gasteiger partial charge in [-0.15, -0.1) is 0 Å². The molecule has 26 heavy (non-hydrogen) atoms. The van der Waals surface area contributed by atoms with Gasteiger partial charge in [-0.05, 0) is 55.3 Å². The maximum atomic E-state index is 13.0. The highest BCUT2D eigenvalue weighted by Gasteiger charge is 2.22. The molecule has 0 aromatic heterocycles. The molecule has 0 saturated heterocycles. The Kier molecular flexibility index (Phi) is 5.61. The van der Waals surface area contributed by atoms with E-state index in [9.17, 15) is 9.18 Å². The molecule has 138 valence electrons. The Balaban J connectivity index is 1.64.